The number of ether oxygens (including phenoxy) is 1. The van der Waals surface area contributed by atoms with Gasteiger partial charge in [0.2, 0.25) is 0 Å². The summed E-state index contributed by atoms with van der Waals surface area (Å²) >= 11 is 3.35. The topological polar surface area (TPSA) is 99.2 Å². The number of halogens is 1. The number of nitrogen functional groups attached to an aromatic ring is 1. The summed E-state index contributed by atoms with van der Waals surface area (Å²) in [5.74, 6) is -0.572. The highest BCUT2D eigenvalue weighted by molar-refractivity contribution is 9.10. The highest BCUT2D eigenvalue weighted by Crippen LogP contribution is 2.19. The van der Waals surface area contributed by atoms with Gasteiger partial charge in [0, 0.05) is 15.7 Å². The van der Waals surface area contributed by atoms with Crippen molar-refractivity contribution in [3.63, 3.8) is 0 Å². The van der Waals surface area contributed by atoms with Crippen LogP contribution < -0.4 is 11.1 Å². The Bertz CT molecular complexity index is 966. The molecule has 3 N–H and O–H groups in total. The minimum absolute atomic E-state index is 0.181. The van der Waals surface area contributed by atoms with Crippen LogP contribution in [0.25, 0.3) is 5.69 Å². The van der Waals surface area contributed by atoms with Gasteiger partial charge in [-0.25, -0.2) is 9.48 Å². The van der Waals surface area contributed by atoms with Crippen LogP contribution in [0.15, 0.2) is 59.2 Å². The third-order valence-corrected chi connectivity index (χ3v) is 4.31. The molecule has 27 heavy (non-hydrogen) atoms. The van der Waals surface area contributed by atoms with Crippen molar-refractivity contribution >= 4 is 39.3 Å². The predicted molar refractivity (Wildman–Crippen MR) is 106 cm³/mol. The van der Waals surface area contributed by atoms with Gasteiger partial charge < -0.3 is 15.8 Å². The number of nitrogens with two attached hydrogens (primary N) is 1. The van der Waals surface area contributed by atoms with E-state index in [1.807, 2.05) is 12.1 Å². The first-order valence-electron chi connectivity index (χ1n) is 8.17. The highest BCUT2D eigenvalue weighted by Gasteiger charge is 2.17. The van der Waals surface area contributed by atoms with E-state index in [2.05, 4.69) is 26.3 Å². The van der Waals surface area contributed by atoms with Crippen molar-refractivity contribution in [2.75, 3.05) is 17.7 Å². The molecule has 0 radical (unpaired) electrons. The van der Waals surface area contributed by atoms with Crippen molar-refractivity contribution in [2.24, 2.45) is 0 Å². The quantitative estimate of drug-likeness (QED) is 0.604. The molecule has 0 unspecified atom stereocenters. The number of hydrogen-bond donors (Lipinski definition) is 2. The zero-order valence-electron chi connectivity index (χ0n) is 14.5. The van der Waals surface area contributed by atoms with Gasteiger partial charge in [0.1, 0.15) is 11.4 Å². The molecule has 1 heterocycles. The Kier molecular flexibility index (Phi) is 5.56. The Labute approximate surface area is 164 Å². The minimum Gasteiger partial charge on any atom is -0.462 e. The number of carbonyl (C=O) groups excluding carboxylic acids is 2. The molecule has 1 aromatic heterocycles. The number of amides is 1. The van der Waals surface area contributed by atoms with E-state index in [1.165, 1.54) is 10.9 Å². The Morgan fingerprint density at radius 1 is 1.15 bits per heavy atom. The second kappa shape index (κ2) is 8.05. The molecule has 0 aliphatic carbocycles. The largest absolute Gasteiger partial charge is 0.462 e. The summed E-state index contributed by atoms with van der Waals surface area (Å²) in [6.07, 6.45) is 1.36. The van der Waals surface area contributed by atoms with E-state index >= 15 is 0 Å². The monoisotopic (exact) mass is 428 g/mol. The Morgan fingerprint density at radius 3 is 2.44 bits per heavy atom. The van der Waals surface area contributed by atoms with Crippen LogP contribution >= 0.6 is 15.9 Å². The van der Waals surface area contributed by atoms with Gasteiger partial charge in [-0.05, 0) is 55.5 Å². The summed E-state index contributed by atoms with van der Waals surface area (Å²) in [6, 6.07) is 14.0. The molecule has 1 amide bonds. The molecule has 138 valence electrons. The highest BCUT2D eigenvalue weighted by atomic mass is 79.9. The van der Waals surface area contributed by atoms with Crippen LogP contribution in [0.4, 0.5) is 11.5 Å². The molecule has 3 aromatic rings. The van der Waals surface area contributed by atoms with E-state index < -0.39 is 5.97 Å². The first-order chi connectivity index (χ1) is 13.0. The van der Waals surface area contributed by atoms with Crippen LogP contribution in [0.2, 0.25) is 0 Å². The lowest BCUT2D eigenvalue weighted by Crippen LogP contribution is -2.12. The molecule has 0 saturated heterocycles. The minimum atomic E-state index is -0.522. The van der Waals surface area contributed by atoms with E-state index in [0.717, 1.165) is 4.47 Å². The van der Waals surface area contributed by atoms with E-state index in [1.54, 1.807) is 43.3 Å². The van der Waals surface area contributed by atoms with Gasteiger partial charge in [0.15, 0.2) is 0 Å². The molecule has 0 aliphatic heterocycles. The molecule has 7 nitrogen and oxygen atoms in total. The molecule has 0 aliphatic rings. The Hall–Kier alpha value is -3.13. The molecule has 0 fully saturated rings. The number of aromatic nitrogens is 2. The number of hydrogen-bond acceptors (Lipinski definition) is 5. The summed E-state index contributed by atoms with van der Waals surface area (Å²) < 4.78 is 7.30. The van der Waals surface area contributed by atoms with E-state index in [9.17, 15) is 9.59 Å². The lowest BCUT2D eigenvalue weighted by atomic mass is 10.2. The lowest BCUT2D eigenvalue weighted by Gasteiger charge is -2.08. The van der Waals surface area contributed by atoms with Crippen LogP contribution in [0.1, 0.15) is 27.6 Å². The maximum absolute atomic E-state index is 12.3. The zero-order valence-corrected chi connectivity index (χ0v) is 16.1. The Morgan fingerprint density at radius 2 is 1.81 bits per heavy atom. The fraction of sp³-hybridized carbons (Fsp3) is 0.105. The number of nitrogens with one attached hydrogen (secondary N) is 1. The average molecular weight is 429 g/mol. The summed E-state index contributed by atoms with van der Waals surface area (Å²) in [4.78, 5) is 24.2. The van der Waals surface area contributed by atoms with Gasteiger partial charge in [0.05, 0.1) is 18.5 Å². The fourth-order valence-electron chi connectivity index (χ4n) is 2.42. The van der Waals surface area contributed by atoms with Gasteiger partial charge in [-0.15, -0.1) is 0 Å². The number of benzene rings is 2. The van der Waals surface area contributed by atoms with Gasteiger partial charge >= 0.3 is 5.97 Å². The molecule has 0 bridgehead atoms. The van der Waals surface area contributed by atoms with Gasteiger partial charge in [-0.2, -0.15) is 5.10 Å². The van der Waals surface area contributed by atoms with Crippen LogP contribution in [0, 0.1) is 0 Å². The molecular weight excluding hydrogens is 412 g/mol. The normalized spacial score (nSPS) is 10.4. The molecule has 2 aromatic carbocycles. The summed E-state index contributed by atoms with van der Waals surface area (Å²) in [6.45, 7) is 1.97. The molecule has 3 rings (SSSR count). The van der Waals surface area contributed by atoms with Crippen LogP contribution in [-0.4, -0.2) is 28.3 Å². The summed E-state index contributed by atoms with van der Waals surface area (Å²) in [7, 11) is 0. The molecular formula is C19H17BrN4O3. The van der Waals surface area contributed by atoms with Gasteiger partial charge in [-0.1, -0.05) is 15.9 Å². The van der Waals surface area contributed by atoms with Crippen molar-refractivity contribution < 1.29 is 14.3 Å². The van der Waals surface area contributed by atoms with Crippen LogP contribution in [0.3, 0.4) is 0 Å². The van der Waals surface area contributed by atoms with Gasteiger partial charge in [-0.3, -0.25) is 4.79 Å². The summed E-state index contributed by atoms with van der Waals surface area (Å²) in [5, 5.41) is 6.95. The maximum Gasteiger partial charge on any atom is 0.343 e. The zero-order chi connectivity index (χ0) is 19.4. The van der Waals surface area contributed by atoms with Crippen LogP contribution in [0.5, 0.6) is 0 Å². The van der Waals surface area contributed by atoms with E-state index in [-0.39, 0.29) is 23.9 Å². The number of esters is 1. The van der Waals surface area contributed by atoms with Crippen molar-refractivity contribution in [3.05, 3.63) is 70.3 Å². The summed E-state index contributed by atoms with van der Waals surface area (Å²) in [5.41, 5.74) is 8.01. The number of nitrogens with zero attached hydrogens (tertiary/aromatic N) is 2. The average Bonchev–Trinajstić information content (AvgIpc) is 3.05. The molecule has 0 spiro atoms. The van der Waals surface area contributed by atoms with Gasteiger partial charge in [0.25, 0.3) is 5.91 Å². The SMILES string of the molecule is CCOC(=O)c1cnn(-c2ccc(C(=O)Nc3ccc(Br)cc3)cc2)c1N. The predicted octanol–water partition coefficient (Wildman–Crippen LogP) is 3.65. The smallest absolute Gasteiger partial charge is 0.343 e. The second-order valence-corrected chi connectivity index (χ2v) is 6.50. The van der Waals surface area contributed by atoms with E-state index in [4.69, 9.17) is 10.5 Å². The molecule has 0 saturated carbocycles. The van der Waals surface area contributed by atoms with Crippen molar-refractivity contribution in [1.29, 1.82) is 0 Å². The van der Waals surface area contributed by atoms with Crippen LogP contribution in [-0.2, 0) is 4.74 Å². The number of rotatable bonds is 5. The fourth-order valence-corrected chi connectivity index (χ4v) is 2.68. The third kappa shape index (κ3) is 4.17. The maximum atomic E-state index is 12.3. The first kappa shape index (κ1) is 18.7. The first-order valence-corrected chi connectivity index (χ1v) is 8.97. The standard InChI is InChI=1S/C19H17BrN4O3/c1-2-27-19(26)16-11-22-24(17(16)21)15-9-3-12(4-10-15)18(25)23-14-7-5-13(20)6-8-14/h3-11H,2,21H2,1H3,(H,23,25). The Balaban J connectivity index is 1.76. The lowest BCUT2D eigenvalue weighted by molar-refractivity contribution is 0.0527. The van der Waals surface area contributed by atoms with E-state index in [0.29, 0.717) is 16.9 Å². The van der Waals surface area contributed by atoms with Crippen molar-refractivity contribution in [3.8, 4) is 5.69 Å². The van der Waals surface area contributed by atoms with Crippen molar-refractivity contribution in [1.82, 2.24) is 9.78 Å². The van der Waals surface area contributed by atoms with Crippen molar-refractivity contribution in [2.45, 2.75) is 6.92 Å². The molecule has 0 atom stereocenters. The number of anilines is 2. The third-order valence-electron chi connectivity index (χ3n) is 3.78. The number of carbonyl (C=O) groups is 2. The second-order valence-electron chi connectivity index (χ2n) is 5.58. The molecule has 8 heteroatoms.